The first-order valence-electron chi connectivity index (χ1n) is 5.99. The van der Waals surface area contributed by atoms with Crippen LogP contribution in [0.15, 0.2) is 0 Å². The highest BCUT2D eigenvalue weighted by atomic mass is 15.0. The van der Waals surface area contributed by atoms with E-state index in [9.17, 15) is 0 Å². The molecule has 1 aromatic heterocycles. The average molecular weight is 207 g/mol. The molecule has 15 heavy (non-hydrogen) atoms. The minimum Gasteiger partial charge on any atom is -0.345 e. The van der Waals surface area contributed by atoms with Crippen molar-refractivity contribution in [1.29, 1.82) is 0 Å². The summed E-state index contributed by atoms with van der Waals surface area (Å²) in [7, 11) is 0. The van der Waals surface area contributed by atoms with Crippen molar-refractivity contribution in [3.63, 3.8) is 0 Å². The van der Waals surface area contributed by atoms with Crippen molar-refractivity contribution in [3.05, 3.63) is 17.2 Å². The molecule has 2 N–H and O–H groups in total. The third-order valence-electron chi connectivity index (χ3n) is 3.00. The lowest BCUT2D eigenvalue weighted by Crippen LogP contribution is -2.40. The molecule has 3 heteroatoms. The molecule has 1 aliphatic rings. The molecule has 0 spiro atoms. The van der Waals surface area contributed by atoms with Crippen molar-refractivity contribution in [3.8, 4) is 0 Å². The van der Waals surface area contributed by atoms with Gasteiger partial charge in [0.15, 0.2) is 0 Å². The van der Waals surface area contributed by atoms with Crippen molar-refractivity contribution in [2.75, 3.05) is 13.1 Å². The van der Waals surface area contributed by atoms with Crippen molar-refractivity contribution < 1.29 is 0 Å². The van der Waals surface area contributed by atoms with E-state index in [1.54, 1.807) is 0 Å². The number of aromatic nitrogens is 2. The van der Waals surface area contributed by atoms with Crippen molar-refractivity contribution >= 4 is 0 Å². The quantitative estimate of drug-likeness (QED) is 0.791. The van der Waals surface area contributed by atoms with Gasteiger partial charge in [-0.05, 0) is 18.8 Å². The molecule has 0 amide bonds. The molecule has 2 rings (SSSR count). The molecule has 1 aromatic rings. The Morgan fingerprint density at radius 3 is 2.60 bits per heavy atom. The van der Waals surface area contributed by atoms with Crippen LogP contribution >= 0.6 is 0 Å². The predicted octanol–water partition coefficient (Wildman–Crippen LogP) is 1.86. The van der Waals surface area contributed by atoms with Crippen LogP contribution in [0.5, 0.6) is 0 Å². The second kappa shape index (κ2) is 4.35. The van der Waals surface area contributed by atoms with E-state index in [0.717, 1.165) is 25.9 Å². The molecule has 0 atom stereocenters. The average Bonchev–Trinajstić information content (AvgIpc) is 2.43. The van der Waals surface area contributed by atoms with Crippen molar-refractivity contribution in [2.24, 2.45) is 5.92 Å². The van der Waals surface area contributed by atoms with Crippen LogP contribution in [0.3, 0.4) is 0 Å². The Balaban J connectivity index is 2.16. The zero-order chi connectivity index (χ0) is 10.8. The molecule has 2 heterocycles. The van der Waals surface area contributed by atoms with Crippen LogP contribution in [0.4, 0.5) is 0 Å². The van der Waals surface area contributed by atoms with Gasteiger partial charge in [-0.2, -0.15) is 0 Å². The summed E-state index contributed by atoms with van der Waals surface area (Å²) in [5.74, 6) is 2.51. The molecule has 1 aliphatic heterocycles. The molecule has 1 saturated heterocycles. The van der Waals surface area contributed by atoms with Gasteiger partial charge in [-0.25, -0.2) is 4.98 Å². The number of nitrogens with one attached hydrogen (secondary N) is 2. The van der Waals surface area contributed by atoms with Crippen LogP contribution in [-0.2, 0) is 12.8 Å². The Hall–Kier alpha value is -0.830. The van der Waals surface area contributed by atoms with E-state index < -0.39 is 0 Å². The number of hydrogen-bond donors (Lipinski definition) is 2. The second-order valence-electron chi connectivity index (χ2n) is 4.85. The van der Waals surface area contributed by atoms with E-state index in [0.29, 0.717) is 11.8 Å². The van der Waals surface area contributed by atoms with Gasteiger partial charge in [-0.15, -0.1) is 0 Å². The highest BCUT2D eigenvalue weighted by Crippen LogP contribution is 2.20. The summed E-state index contributed by atoms with van der Waals surface area (Å²) >= 11 is 0. The van der Waals surface area contributed by atoms with Gasteiger partial charge in [-0.1, -0.05) is 20.8 Å². The molecule has 0 radical (unpaired) electrons. The van der Waals surface area contributed by atoms with Crippen LogP contribution in [-0.4, -0.2) is 23.1 Å². The SMILES string of the molecule is CCc1nc(C2CNC2)[nH]c1CC(C)C. The molecule has 0 aromatic carbocycles. The van der Waals surface area contributed by atoms with Gasteiger partial charge < -0.3 is 10.3 Å². The predicted molar refractivity (Wildman–Crippen MR) is 62.1 cm³/mol. The molecule has 0 bridgehead atoms. The third kappa shape index (κ3) is 2.23. The summed E-state index contributed by atoms with van der Waals surface area (Å²) in [4.78, 5) is 8.22. The maximum absolute atomic E-state index is 4.71. The van der Waals surface area contributed by atoms with E-state index in [-0.39, 0.29) is 0 Å². The fourth-order valence-electron chi connectivity index (χ4n) is 2.01. The second-order valence-corrected chi connectivity index (χ2v) is 4.85. The number of rotatable bonds is 4. The molecular formula is C12H21N3. The van der Waals surface area contributed by atoms with E-state index >= 15 is 0 Å². The maximum atomic E-state index is 4.71. The lowest BCUT2D eigenvalue weighted by molar-refractivity contribution is 0.431. The number of nitrogens with zero attached hydrogens (tertiary/aromatic N) is 1. The topological polar surface area (TPSA) is 40.7 Å². The summed E-state index contributed by atoms with van der Waals surface area (Å²) in [6.07, 6.45) is 2.16. The highest BCUT2D eigenvalue weighted by Gasteiger charge is 2.23. The third-order valence-corrected chi connectivity index (χ3v) is 3.00. The van der Waals surface area contributed by atoms with Gasteiger partial charge >= 0.3 is 0 Å². The standard InChI is InChI=1S/C12H21N3/c1-4-10-11(5-8(2)3)15-12(14-10)9-6-13-7-9/h8-9,13H,4-7H2,1-3H3,(H,14,15). The largest absolute Gasteiger partial charge is 0.345 e. The molecule has 1 fully saturated rings. The van der Waals surface area contributed by atoms with Crippen LogP contribution in [0.2, 0.25) is 0 Å². The Labute approximate surface area is 91.7 Å². The maximum Gasteiger partial charge on any atom is 0.112 e. The van der Waals surface area contributed by atoms with Gasteiger partial charge in [0, 0.05) is 24.7 Å². The number of imidazole rings is 1. The van der Waals surface area contributed by atoms with Crippen LogP contribution in [0.25, 0.3) is 0 Å². The van der Waals surface area contributed by atoms with Gasteiger partial charge in [0.05, 0.1) is 5.69 Å². The molecule has 0 saturated carbocycles. The molecule has 0 aliphatic carbocycles. The fourth-order valence-corrected chi connectivity index (χ4v) is 2.01. The minimum absolute atomic E-state index is 0.621. The lowest BCUT2D eigenvalue weighted by atomic mass is 10.0. The zero-order valence-electron chi connectivity index (χ0n) is 9.93. The number of H-pyrrole nitrogens is 1. The Morgan fingerprint density at radius 1 is 1.40 bits per heavy atom. The van der Waals surface area contributed by atoms with Crippen LogP contribution in [0.1, 0.15) is 43.9 Å². The summed E-state index contributed by atoms with van der Waals surface area (Å²) < 4.78 is 0. The van der Waals surface area contributed by atoms with Gasteiger partial charge in [0.25, 0.3) is 0 Å². The number of hydrogen-bond acceptors (Lipinski definition) is 2. The smallest absolute Gasteiger partial charge is 0.112 e. The normalized spacial score (nSPS) is 17.1. The fraction of sp³-hybridized carbons (Fsp3) is 0.750. The number of aromatic amines is 1. The van der Waals surface area contributed by atoms with Crippen LogP contribution in [0, 0.1) is 5.92 Å². The summed E-state index contributed by atoms with van der Waals surface area (Å²) in [5, 5.41) is 3.29. The molecule has 3 nitrogen and oxygen atoms in total. The molecule has 0 unspecified atom stereocenters. The van der Waals surface area contributed by atoms with E-state index in [4.69, 9.17) is 4.98 Å². The highest BCUT2D eigenvalue weighted by molar-refractivity contribution is 5.19. The van der Waals surface area contributed by atoms with E-state index in [1.165, 1.54) is 17.2 Å². The summed E-state index contributed by atoms with van der Waals surface area (Å²) in [6, 6.07) is 0. The monoisotopic (exact) mass is 207 g/mol. The van der Waals surface area contributed by atoms with Gasteiger partial charge in [0.2, 0.25) is 0 Å². The first kappa shape index (κ1) is 10.7. The zero-order valence-corrected chi connectivity index (χ0v) is 9.93. The van der Waals surface area contributed by atoms with Crippen LogP contribution < -0.4 is 5.32 Å². The summed E-state index contributed by atoms with van der Waals surface area (Å²) in [5.41, 5.74) is 2.63. The molecular weight excluding hydrogens is 186 g/mol. The van der Waals surface area contributed by atoms with E-state index in [2.05, 4.69) is 31.1 Å². The van der Waals surface area contributed by atoms with Crippen molar-refractivity contribution in [1.82, 2.24) is 15.3 Å². The number of aryl methyl sites for hydroxylation is 1. The van der Waals surface area contributed by atoms with Crippen molar-refractivity contribution in [2.45, 2.75) is 39.5 Å². The first-order chi connectivity index (χ1) is 7.20. The van der Waals surface area contributed by atoms with E-state index in [1.807, 2.05) is 0 Å². The van der Waals surface area contributed by atoms with Gasteiger partial charge in [0.1, 0.15) is 5.82 Å². The van der Waals surface area contributed by atoms with Gasteiger partial charge in [-0.3, -0.25) is 0 Å². The molecule has 84 valence electrons. The lowest BCUT2D eigenvalue weighted by Gasteiger charge is -2.24. The Bertz CT molecular complexity index is 324. The Kier molecular flexibility index (Phi) is 3.10. The first-order valence-corrected chi connectivity index (χ1v) is 5.99. The summed E-state index contributed by atoms with van der Waals surface area (Å²) in [6.45, 7) is 8.86. The Morgan fingerprint density at radius 2 is 2.13 bits per heavy atom. The minimum atomic E-state index is 0.621.